The number of esters is 1. The number of fused-ring (bicyclic) bond motifs is 2. The van der Waals surface area contributed by atoms with Gasteiger partial charge in [0.1, 0.15) is 29.8 Å². The Hall–Kier alpha value is -2.24. The van der Waals surface area contributed by atoms with E-state index in [1.54, 1.807) is 11.8 Å². The van der Waals surface area contributed by atoms with E-state index >= 15 is 0 Å². The van der Waals surface area contributed by atoms with Gasteiger partial charge in [0.25, 0.3) is 0 Å². The number of rotatable bonds is 5. The van der Waals surface area contributed by atoms with Gasteiger partial charge < -0.3 is 29.7 Å². The minimum absolute atomic E-state index is 0.0123. The highest BCUT2D eigenvalue weighted by molar-refractivity contribution is 9.11. The molecule has 3 amide bonds. The van der Waals surface area contributed by atoms with Gasteiger partial charge in [0.05, 0.1) is 12.5 Å². The second kappa shape index (κ2) is 12.3. The number of halogens is 1. The first-order chi connectivity index (χ1) is 19.3. The van der Waals surface area contributed by atoms with Gasteiger partial charge in [-0.15, -0.1) is 0 Å². The SMILES string of the molecule is C[C@H]1CNC(=O)CC/C=C\CN(C2CCCCC2)C(=O)[C@H]2N(CCCCO)C(=O)[C@@H]3[C@@H](C(=O)O1)[C@@H]1O[C@@]32C=C1Br. The van der Waals surface area contributed by atoms with Gasteiger partial charge in [-0.3, -0.25) is 19.2 Å². The fourth-order valence-electron chi connectivity index (χ4n) is 7.05. The van der Waals surface area contributed by atoms with Crippen LogP contribution in [0, 0.1) is 11.8 Å². The van der Waals surface area contributed by atoms with Crippen LogP contribution in [0.25, 0.3) is 0 Å². The molecule has 220 valence electrons. The van der Waals surface area contributed by atoms with Crippen LogP contribution in [0.2, 0.25) is 0 Å². The molecule has 3 fully saturated rings. The van der Waals surface area contributed by atoms with Gasteiger partial charge in [-0.25, -0.2) is 0 Å². The lowest BCUT2D eigenvalue weighted by Gasteiger charge is -2.40. The molecule has 5 aliphatic rings. The van der Waals surface area contributed by atoms with Gasteiger partial charge >= 0.3 is 5.97 Å². The van der Waals surface area contributed by atoms with Crippen LogP contribution in [-0.4, -0.2) is 94.7 Å². The lowest BCUT2D eigenvalue weighted by molar-refractivity contribution is -0.158. The maximum absolute atomic E-state index is 14.6. The van der Waals surface area contributed by atoms with Crippen molar-refractivity contribution in [2.45, 2.75) is 94.6 Å². The number of aliphatic hydroxyl groups is 1. The summed E-state index contributed by atoms with van der Waals surface area (Å²) in [6.07, 6.45) is 11.2. The number of allylic oxidation sites excluding steroid dienone is 1. The van der Waals surface area contributed by atoms with E-state index in [4.69, 9.17) is 9.47 Å². The van der Waals surface area contributed by atoms with Crippen molar-refractivity contribution in [2.75, 3.05) is 26.2 Å². The average molecular weight is 623 g/mol. The number of unbranched alkanes of at least 4 members (excludes halogenated alkanes) is 1. The van der Waals surface area contributed by atoms with Crippen LogP contribution in [0.3, 0.4) is 0 Å². The Bertz CT molecular complexity index is 1070. The number of carbonyl (C=O) groups is 4. The Labute approximate surface area is 243 Å². The van der Waals surface area contributed by atoms with Crippen molar-refractivity contribution in [2.24, 2.45) is 11.8 Å². The van der Waals surface area contributed by atoms with Gasteiger partial charge in [-0.2, -0.15) is 0 Å². The van der Waals surface area contributed by atoms with Crippen molar-refractivity contribution < 1.29 is 33.8 Å². The molecular weight excluding hydrogens is 582 g/mol. The second-order valence-corrected chi connectivity index (χ2v) is 12.5. The van der Waals surface area contributed by atoms with Crippen LogP contribution in [0.5, 0.6) is 0 Å². The van der Waals surface area contributed by atoms with Crippen LogP contribution in [0.1, 0.15) is 64.7 Å². The maximum Gasteiger partial charge on any atom is 0.313 e. The van der Waals surface area contributed by atoms with E-state index in [0.29, 0.717) is 36.7 Å². The number of hydrogen-bond acceptors (Lipinski definition) is 7. The van der Waals surface area contributed by atoms with Crippen molar-refractivity contribution >= 4 is 39.6 Å². The summed E-state index contributed by atoms with van der Waals surface area (Å²) in [5, 5.41) is 12.2. The standard InChI is InChI=1S/C29H40BrN3O7/c1-18-17-31-21(35)12-6-3-7-13-32(19-10-4-2-5-11-19)27(37)25-29-16-20(30)24(40-29)22(28(38)39-18)23(29)26(36)33(25)14-8-9-15-34/h3,7,16,18-19,22-25,34H,2,4-6,8-15,17H2,1H3,(H,31,35)/b7-3-/t18-,22+,23-,24+,25+,29-/m0/s1. The van der Waals surface area contributed by atoms with E-state index in [0.717, 1.165) is 32.1 Å². The number of cyclic esters (lactones) is 1. The molecule has 5 bridgehead atoms. The summed E-state index contributed by atoms with van der Waals surface area (Å²) in [4.78, 5) is 58.1. The first-order valence-electron chi connectivity index (χ1n) is 14.7. The second-order valence-electron chi connectivity index (χ2n) is 11.6. The number of amides is 3. The number of likely N-dealkylation sites (tertiary alicyclic amines) is 1. The van der Waals surface area contributed by atoms with E-state index in [-0.39, 0.29) is 43.5 Å². The number of nitrogens with one attached hydrogen (secondary N) is 1. The molecule has 6 atom stereocenters. The van der Waals surface area contributed by atoms with Crippen LogP contribution < -0.4 is 5.32 Å². The number of ether oxygens (including phenoxy) is 2. The number of carbonyl (C=O) groups excluding carboxylic acids is 4. The highest BCUT2D eigenvalue weighted by atomic mass is 79.9. The highest BCUT2D eigenvalue weighted by Gasteiger charge is 2.75. The summed E-state index contributed by atoms with van der Waals surface area (Å²) in [5.74, 6) is -3.00. The third-order valence-electron chi connectivity index (χ3n) is 8.95. The molecule has 0 unspecified atom stereocenters. The van der Waals surface area contributed by atoms with E-state index in [1.807, 2.05) is 23.1 Å². The van der Waals surface area contributed by atoms with Crippen molar-refractivity contribution in [1.82, 2.24) is 15.1 Å². The van der Waals surface area contributed by atoms with Crippen molar-refractivity contribution in [3.63, 3.8) is 0 Å². The predicted molar refractivity (Wildman–Crippen MR) is 149 cm³/mol. The third kappa shape index (κ3) is 5.36. The predicted octanol–water partition coefficient (Wildman–Crippen LogP) is 2.19. The molecule has 10 nitrogen and oxygen atoms in total. The third-order valence-corrected chi connectivity index (χ3v) is 9.63. The zero-order valence-electron chi connectivity index (χ0n) is 23.1. The summed E-state index contributed by atoms with van der Waals surface area (Å²) in [7, 11) is 0. The van der Waals surface area contributed by atoms with E-state index in [9.17, 15) is 24.3 Å². The quantitative estimate of drug-likeness (QED) is 0.274. The van der Waals surface area contributed by atoms with Crippen LogP contribution >= 0.6 is 15.9 Å². The molecule has 0 aromatic rings. The van der Waals surface area contributed by atoms with Gasteiger partial charge in [-0.1, -0.05) is 47.3 Å². The smallest absolute Gasteiger partial charge is 0.313 e. The molecule has 1 saturated carbocycles. The first-order valence-corrected chi connectivity index (χ1v) is 15.5. The summed E-state index contributed by atoms with van der Waals surface area (Å²) in [6, 6.07) is -0.889. The summed E-state index contributed by atoms with van der Waals surface area (Å²) >= 11 is 3.57. The maximum atomic E-state index is 14.6. The molecule has 2 saturated heterocycles. The monoisotopic (exact) mass is 621 g/mol. The average Bonchev–Trinajstić information content (AvgIpc) is 3.53. The fourth-order valence-corrected chi connectivity index (χ4v) is 7.79. The highest BCUT2D eigenvalue weighted by Crippen LogP contribution is 2.59. The van der Waals surface area contributed by atoms with Crippen molar-refractivity contribution in [1.29, 1.82) is 0 Å². The molecule has 11 heteroatoms. The van der Waals surface area contributed by atoms with Crippen molar-refractivity contribution in [3.8, 4) is 0 Å². The van der Waals surface area contributed by atoms with Gasteiger partial charge in [0, 0.05) is 36.6 Å². The number of hydrogen-bond donors (Lipinski definition) is 2. The van der Waals surface area contributed by atoms with E-state index in [2.05, 4.69) is 21.2 Å². The molecule has 2 N–H and O–H groups in total. The molecule has 0 aromatic heterocycles. The Kier molecular flexibility index (Phi) is 9.01. The molecule has 1 spiro atoms. The molecule has 40 heavy (non-hydrogen) atoms. The molecular formula is C29H40BrN3O7. The number of aliphatic hydroxyl groups excluding tert-OH is 1. The van der Waals surface area contributed by atoms with Crippen LogP contribution in [-0.2, 0) is 28.7 Å². The number of nitrogens with zero attached hydrogens (tertiary/aromatic N) is 2. The van der Waals surface area contributed by atoms with Gasteiger partial charge in [0.2, 0.25) is 17.7 Å². The summed E-state index contributed by atoms with van der Waals surface area (Å²) in [5.41, 5.74) is -1.29. The Morgan fingerprint density at radius 3 is 2.62 bits per heavy atom. The van der Waals surface area contributed by atoms with E-state index < -0.39 is 41.7 Å². The first kappa shape index (κ1) is 29.3. The van der Waals surface area contributed by atoms with Crippen molar-refractivity contribution in [3.05, 3.63) is 22.7 Å². The largest absolute Gasteiger partial charge is 0.460 e. The van der Waals surface area contributed by atoms with E-state index in [1.165, 1.54) is 0 Å². The zero-order chi connectivity index (χ0) is 28.4. The Balaban J connectivity index is 1.56. The molecule has 5 rings (SSSR count). The molecule has 1 aliphatic carbocycles. The lowest BCUT2D eigenvalue weighted by atomic mass is 9.74. The summed E-state index contributed by atoms with van der Waals surface area (Å²) in [6.45, 7) is 2.51. The molecule has 4 aliphatic heterocycles. The topological polar surface area (TPSA) is 125 Å². The lowest BCUT2D eigenvalue weighted by Crippen LogP contribution is -2.58. The Morgan fingerprint density at radius 1 is 1.10 bits per heavy atom. The van der Waals surface area contributed by atoms with Gasteiger partial charge in [0.15, 0.2) is 0 Å². The normalized spacial score (nSPS) is 36.4. The molecule has 4 heterocycles. The molecule has 0 aromatic carbocycles. The zero-order valence-corrected chi connectivity index (χ0v) is 24.6. The molecule has 0 radical (unpaired) electrons. The van der Waals surface area contributed by atoms with Crippen LogP contribution in [0.15, 0.2) is 22.7 Å². The Morgan fingerprint density at radius 2 is 1.88 bits per heavy atom. The fraction of sp³-hybridized carbons (Fsp3) is 0.724. The minimum Gasteiger partial charge on any atom is -0.460 e. The van der Waals surface area contributed by atoms with Gasteiger partial charge in [-0.05, 0) is 45.1 Å². The minimum atomic E-state index is -1.29. The van der Waals surface area contributed by atoms with Crippen LogP contribution in [0.4, 0.5) is 0 Å². The summed E-state index contributed by atoms with van der Waals surface area (Å²) < 4.78 is 12.9.